The van der Waals surface area contributed by atoms with Crippen LogP contribution < -0.4 is 20.5 Å². The first-order chi connectivity index (χ1) is 11.5. The van der Waals surface area contributed by atoms with Crippen LogP contribution in [0.15, 0.2) is 18.3 Å². The highest BCUT2D eigenvalue weighted by atomic mass is 35.5. The number of carbonyl (C=O) groups excluding carboxylic acids is 1. The molecule has 0 spiro atoms. The molecule has 2 aromatic rings. The van der Waals surface area contributed by atoms with Gasteiger partial charge in [-0.2, -0.15) is 5.10 Å². The number of benzene rings is 1. The van der Waals surface area contributed by atoms with E-state index in [4.69, 9.17) is 15.2 Å². The minimum Gasteiger partial charge on any atom is -0.486 e. The number of rotatable bonds is 5. The SMILES string of the molecule is CC(C)C(=O)NC[C@H]1COc2ccc3cnn(C[C@H](C)N)c3c2O1.Cl. The minimum absolute atomic E-state index is 0. The Hall–Kier alpha value is -1.99. The van der Waals surface area contributed by atoms with Crippen molar-refractivity contribution in [2.75, 3.05) is 13.2 Å². The monoisotopic (exact) mass is 368 g/mol. The summed E-state index contributed by atoms with van der Waals surface area (Å²) in [5.41, 5.74) is 6.79. The fraction of sp³-hybridized carbons (Fsp3) is 0.529. The van der Waals surface area contributed by atoms with E-state index < -0.39 is 0 Å². The van der Waals surface area contributed by atoms with Crippen molar-refractivity contribution < 1.29 is 14.3 Å². The third kappa shape index (κ3) is 4.16. The molecular formula is C17H25ClN4O3. The lowest BCUT2D eigenvalue weighted by Crippen LogP contribution is -2.42. The molecule has 0 unspecified atom stereocenters. The Morgan fingerprint density at radius 3 is 2.88 bits per heavy atom. The van der Waals surface area contributed by atoms with Gasteiger partial charge >= 0.3 is 0 Å². The largest absolute Gasteiger partial charge is 0.486 e. The standard InChI is InChI=1S/C17H24N4O3.ClH/c1-10(2)17(22)19-7-13-9-23-14-5-4-12-6-20-21(8-11(3)18)15(12)16(14)24-13;/h4-6,10-11,13H,7-9,18H2,1-3H3,(H,19,22);1H/t11-,13-;/m0./s1. The van der Waals surface area contributed by atoms with Crippen LogP contribution in [0, 0.1) is 5.92 Å². The molecule has 25 heavy (non-hydrogen) atoms. The van der Waals surface area contributed by atoms with Gasteiger partial charge in [0.05, 0.1) is 19.3 Å². The van der Waals surface area contributed by atoms with Gasteiger partial charge in [0.25, 0.3) is 0 Å². The quantitative estimate of drug-likeness (QED) is 0.838. The lowest BCUT2D eigenvalue weighted by Gasteiger charge is -2.27. The van der Waals surface area contributed by atoms with Crippen molar-refractivity contribution >= 4 is 29.2 Å². The average molecular weight is 369 g/mol. The van der Waals surface area contributed by atoms with E-state index in [1.165, 1.54) is 0 Å². The molecule has 0 radical (unpaired) electrons. The van der Waals surface area contributed by atoms with Crippen molar-refractivity contribution in [1.82, 2.24) is 15.1 Å². The molecule has 3 rings (SSSR count). The highest BCUT2D eigenvalue weighted by molar-refractivity contribution is 5.87. The van der Waals surface area contributed by atoms with Crippen molar-refractivity contribution in [2.45, 2.75) is 39.5 Å². The van der Waals surface area contributed by atoms with Gasteiger partial charge in [-0.05, 0) is 19.1 Å². The Labute approximate surface area is 153 Å². The maximum absolute atomic E-state index is 11.7. The van der Waals surface area contributed by atoms with Gasteiger partial charge in [-0.1, -0.05) is 13.8 Å². The smallest absolute Gasteiger partial charge is 0.222 e. The van der Waals surface area contributed by atoms with E-state index in [2.05, 4.69) is 10.4 Å². The number of ether oxygens (including phenoxy) is 2. The molecule has 0 aliphatic carbocycles. The van der Waals surface area contributed by atoms with Crippen LogP contribution in [0.2, 0.25) is 0 Å². The molecule has 0 saturated carbocycles. The molecule has 0 bridgehead atoms. The van der Waals surface area contributed by atoms with Gasteiger partial charge in [0, 0.05) is 17.3 Å². The van der Waals surface area contributed by atoms with E-state index in [1.807, 2.05) is 37.6 Å². The summed E-state index contributed by atoms with van der Waals surface area (Å²) in [7, 11) is 0. The van der Waals surface area contributed by atoms with Crippen LogP contribution in [0.5, 0.6) is 11.5 Å². The molecule has 1 aliphatic heterocycles. The van der Waals surface area contributed by atoms with E-state index >= 15 is 0 Å². The topological polar surface area (TPSA) is 91.4 Å². The number of nitrogens with two attached hydrogens (primary N) is 1. The third-order valence-corrected chi connectivity index (χ3v) is 3.92. The molecular weight excluding hydrogens is 344 g/mol. The first kappa shape index (κ1) is 19.3. The number of hydrogen-bond acceptors (Lipinski definition) is 5. The molecule has 0 saturated heterocycles. The molecule has 7 nitrogen and oxygen atoms in total. The van der Waals surface area contributed by atoms with Gasteiger partial charge in [-0.3, -0.25) is 9.48 Å². The van der Waals surface area contributed by atoms with Crippen molar-refractivity contribution in [3.63, 3.8) is 0 Å². The van der Waals surface area contributed by atoms with Crippen molar-refractivity contribution in [3.05, 3.63) is 18.3 Å². The lowest BCUT2D eigenvalue weighted by atomic mass is 10.2. The van der Waals surface area contributed by atoms with Crippen LogP contribution in [0.1, 0.15) is 20.8 Å². The fourth-order valence-electron chi connectivity index (χ4n) is 2.67. The number of fused-ring (bicyclic) bond motifs is 3. The number of nitrogens with zero attached hydrogens (tertiary/aromatic N) is 2. The molecule has 3 N–H and O–H groups in total. The summed E-state index contributed by atoms with van der Waals surface area (Å²) in [4.78, 5) is 11.7. The summed E-state index contributed by atoms with van der Waals surface area (Å²) >= 11 is 0. The average Bonchev–Trinajstić information content (AvgIpc) is 2.95. The highest BCUT2D eigenvalue weighted by Gasteiger charge is 2.26. The molecule has 2 atom stereocenters. The minimum atomic E-state index is -0.232. The molecule has 1 aromatic carbocycles. The maximum Gasteiger partial charge on any atom is 0.222 e. The number of halogens is 1. The second kappa shape index (κ2) is 7.93. The van der Waals surface area contributed by atoms with Crippen LogP contribution in [-0.2, 0) is 11.3 Å². The van der Waals surface area contributed by atoms with Crippen LogP contribution >= 0.6 is 12.4 Å². The van der Waals surface area contributed by atoms with Crippen molar-refractivity contribution in [3.8, 4) is 11.5 Å². The van der Waals surface area contributed by atoms with Gasteiger partial charge < -0.3 is 20.5 Å². The van der Waals surface area contributed by atoms with Gasteiger partial charge in [-0.25, -0.2) is 0 Å². The van der Waals surface area contributed by atoms with Gasteiger partial charge in [0.2, 0.25) is 5.91 Å². The zero-order chi connectivity index (χ0) is 17.3. The predicted molar refractivity (Wildman–Crippen MR) is 98.4 cm³/mol. The number of aromatic nitrogens is 2. The Bertz CT molecular complexity index is 745. The normalized spacial score (nSPS) is 17.2. The van der Waals surface area contributed by atoms with Crippen LogP contribution in [0.25, 0.3) is 10.9 Å². The van der Waals surface area contributed by atoms with Crippen LogP contribution in [0.4, 0.5) is 0 Å². The van der Waals surface area contributed by atoms with Crippen molar-refractivity contribution in [1.29, 1.82) is 0 Å². The molecule has 1 amide bonds. The second-order valence-corrected chi connectivity index (χ2v) is 6.59. The van der Waals surface area contributed by atoms with E-state index in [-0.39, 0.29) is 36.4 Å². The summed E-state index contributed by atoms with van der Waals surface area (Å²) in [5.74, 6) is 1.31. The molecule has 8 heteroatoms. The fourth-order valence-corrected chi connectivity index (χ4v) is 2.67. The van der Waals surface area contributed by atoms with E-state index in [9.17, 15) is 4.79 Å². The predicted octanol–water partition coefficient (Wildman–Crippen LogP) is 1.72. The van der Waals surface area contributed by atoms with Gasteiger partial charge in [-0.15, -0.1) is 12.4 Å². The van der Waals surface area contributed by atoms with Gasteiger partial charge in [0.15, 0.2) is 17.6 Å². The van der Waals surface area contributed by atoms with Crippen LogP contribution in [-0.4, -0.2) is 41.0 Å². The summed E-state index contributed by atoms with van der Waals surface area (Å²) in [5, 5.41) is 8.26. The Balaban J connectivity index is 0.00000225. The maximum atomic E-state index is 11.7. The molecule has 0 fully saturated rings. The number of nitrogens with one attached hydrogen (secondary N) is 1. The van der Waals surface area contributed by atoms with Crippen molar-refractivity contribution in [2.24, 2.45) is 11.7 Å². The third-order valence-electron chi connectivity index (χ3n) is 3.92. The van der Waals surface area contributed by atoms with Crippen LogP contribution in [0.3, 0.4) is 0 Å². The second-order valence-electron chi connectivity index (χ2n) is 6.59. The summed E-state index contributed by atoms with van der Waals surface area (Å²) < 4.78 is 13.8. The summed E-state index contributed by atoms with van der Waals surface area (Å²) in [6, 6.07) is 3.83. The number of hydrogen-bond donors (Lipinski definition) is 2. The molecule has 1 aromatic heterocycles. The van der Waals surface area contributed by atoms with E-state index in [0.717, 1.165) is 10.9 Å². The highest BCUT2D eigenvalue weighted by Crippen LogP contribution is 2.38. The molecule has 138 valence electrons. The zero-order valence-electron chi connectivity index (χ0n) is 14.7. The first-order valence-electron chi connectivity index (χ1n) is 8.27. The molecule has 2 heterocycles. The summed E-state index contributed by atoms with van der Waals surface area (Å²) in [6.45, 7) is 7.06. The molecule has 1 aliphatic rings. The summed E-state index contributed by atoms with van der Waals surface area (Å²) in [6.07, 6.45) is 1.57. The van der Waals surface area contributed by atoms with Gasteiger partial charge in [0.1, 0.15) is 12.1 Å². The first-order valence-corrected chi connectivity index (χ1v) is 8.27. The Morgan fingerprint density at radius 2 is 2.20 bits per heavy atom. The Kier molecular flexibility index (Phi) is 6.13. The van der Waals surface area contributed by atoms with E-state index in [0.29, 0.717) is 31.2 Å². The number of amides is 1. The number of carbonyl (C=O) groups is 1. The lowest BCUT2D eigenvalue weighted by molar-refractivity contribution is -0.124. The zero-order valence-corrected chi connectivity index (χ0v) is 15.5. The van der Waals surface area contributed by atoms with E-state index in [1.54, 1.807) is 6.20 Å². The Morgan fingerprint density at radius 1 is 1.44 bits per heavy atom.